The van der Waals surface area contributed by atoms with E-state index in [1.165, 1.54) is 19.3 Å². The number of hydrogen-bond donors (Lipinski definition) is 3. The predicted molar refractivity (Wildman–Crippen MR) is 103 cm³/mol. The zero-order chi connectivity index (χ0) is 16.3. The lowest BCUT2D eigenvalue weighted by molar-refractivity contribution is -0.135. The fraction of sp³-hybridized carbons (Fsp3) is 0.882. The molecule has 0 aromatic heterocycles. The first-order valence-corrected chi connectivity index (χ1v) is 9.09. The summed E-state index contributed by atoms with van der Waals surface area (Å²) >= 11 is 0. The van der Waals surface area contributed by atoms with Crippen LogP contribution in [0.25, 0.3) is 0 Å². The molecule has 6 nitrogen and oxygen atoms in total. The molecular weight excluding hydrogens is 363 g/mol. The predicted octanol–water partition coefficient (Wildman–Crippen LogP) is 0.936. The van der Waals surface area contributed by atoms with E-state index < -0.39 is 0 Å². The number of likely N-dealkylation sites (N-methyl/N-ethyl adjacent to an activating group) is 1. The van der Waals surface area contributed by atoms with Crippen LogP contribution in [0.5, 0.6) is 0 Å². The maximum Gasteiger partial charge on any atom is 0.233 e. The number of piperidine rings is 1. The van der Waals surface area contributed by atoms with Crippen LogP contribution in [-0.4, -0.2) is 62.5 Å². The monoisotopic (exact) mass is 394 g/mol. The van der Waals surface area contributed by atoms with Crippen LogP contribution in [0, 0.1) is 11.3 Å². The molecule has 0 aromatic rings. The molecule has 0 bridgehead atoms. The zero-order valence-corrected chi connectivity index (χ0v) is 16.6. The van der Waals surface area contributed by atoms with Gasteiger partial charge in [-0.2, -0.15) is 0 Å². The van der Waals surface area contributed by atoms with Gasteiger partial charge in [0.1, 0.15) is 0 Å². The molecule has 2 amide bonds. The summed E-state index contributed by atoms with van der Waals surface area (Å²) in [5, 5.41) is 9.44. The Morgan fingerprint density at radius 2 is 1.88 bits per heavy atom. The molecular formula is C17H32Cl2N4O2. The van der Waals surface area contributed by atoms with E-state index in [-0.39, 0.29) is 48.1 Å². The van der Waals surface area contributed by atoms with E-state index in [0.29, 0.717) is 12.5 Å². The van der Waals surface area contributed by atoms with Crippen LogP contribution in [0.4, 0.5) is 0 Å². The van der Waals surface area contributed by atoms with Crippen LogP contribution in [-0.2, 0) is 9.59 Å². The van der Waals surface area contributed by atoms with Crippen LogP contribution in [0.3, 0.4) is 0 Å². The normalized spacial score (nSPS) is 29.7. The van der Waals surface area contributed by atoms with E-state index >= 15 is 0 Å². The van der Waals surface area contributed by atoms with Gasteiger partial charge in [0.2, 0.25) is 11.8 Å². The summed E-state index contributed by atoms with van der Waals surface area (Å²) in [6, 6.07) is 0.265. The highest BCUT2D eigenvalue weighted by Crippen LogP contribution is 2.44. The molecule has 3 rings (SSSR count). The van der Waals surface area contributed by atoms with Crippen molar-refractivity contribution in [3.63, 3.8) is 0 Å². The van der Waals surface area contributed by atoms with Gasteiger partial charge in [-0.3, -0.25) is 14.5 Å². The Kier molecular flexibility index (Phi) is 8.95. The van der Waals surface area contributed by atoms with Gasteiger partial charge in [0.05, 0.1) is 12.0 Å². The van der Waals surface area contributed by atoms with Gasteiger partial charge in [0, 0.05) is 32.7 Å². The highest BCUT2D eigenvalue weighted by Gasteiger charge is 2.50. The van der Waals surface area contributed by atoms with Crippen molar-refractivity contribution in [3.05, 3.63) is 0 Å². The average molecular weight is 395 g/mol. The van der Waals surface area contributed by atoms with Crippen molar-refractivity contribution in [2.45, 2.75) is 44.6 Å². The van der Waals surface area contributed by atoms with Gasteiger partial charge in [0.15, 0.2) is 0 Å². The minimum Gasteiger partial charge on any atom is -0.358 e. The third-order valence-corrected chi connectivity index (χ3v) is 6.06. The number of halogens is 2. The Labute approximate surface area is 163 Å². The molecule has 2 saturated heterocycles. The Balaban J connectivity index is 0.00000156. The van der Waals surface area contributed by atoms with E-state index in [1.54, 1.807) is 7.05 Å². The molecule has 2 heterocycles. The average Bonchev–Trinajstić information content (AvgIpc) is 3.01. The minimum absolute atomic E-state index is 0. The zero-order valence-electron chi connectivity index (χ0n) is 15.0. The van der Waals surface area contributed by atoms with E-state index in [4.69, 9.17) is 0 Å². The molecule has 2 atom stereocenters. The van der Waals surface area contributed by atoms with Crippen LogP contribution < -0.4 is 16.0 Å². The molecule has 2 aliphatic heterocycles. The SMILES string of the molecule is CNC(=O)CN1CCC(NC(=O)[C@@]23CCCC[C@H]2CNC3)CC1.Cl.Cl. The Morgan fingerprint density at radius 3 is 2.56 bits per heavy atom. The molecule has 0 radical (unpaired) electrons. The summed E-state index contributed by atoms with van der Waals surface area (Å²) in [5.74, 6) is 0.856. The van der Waals surface area contributed by atoms with E-state index in [1.807, 2.05) is 0 Å². The Morgan fingerprint density at radius 1 is 1.16 bits per heavy atom. The van der Waals surface area contributed by atoms with Crippen molar-refractivity contribution in [1.29, 1.82) is 0 Å². The maximum absolute atomic E-state index is 12.9. The van der Waals surface area contributed by atoms with Crippen molar-refractivity contribution in [1.82, 2.24) is 20.9 Å². The lowest BCUT2D eigenvalue weighted by Crippen LogP contribution is -2.53. The van der Waals surface area contributed by atoms with E-state index in [2.05, 4.69) is 20.9 Å². The molecule has 3 aliphatic rings. The lowest BCUT2D eigenvalue weighted by atomic mass is 9.67. The van der Waals surface area contributed by atoms with E-state index in [0.717, 1.165) is 45.4 Å². The Hall–Kier alpha value is -0.560. The van der Waals surface area contributed by atoms with Gasteiger partial charge in [0.25, 0.3) is 0 Å². The lowest BCUT2D eigenvalue weighted by Gasteiger charge is -2.39. The Bertz CT molecular complexity index is 458. The quantitative estimate of drug-likeness (QED) is 0.663. The van der Waals surface area contributed by atoms with Crippen molar-refractivity contribution < 1.29 is 9.59 Å². The maximum atomic E-state index is 12.9. The molecule has 8 heteroatoms. The fourth-order valence-electron chi connectivity index (χ4n) is 4.54. The number of carbonyl (C=O) groups excluding carboxylic acids is 2. The van der Waals surface area contributed by atoms with Crippen LogP contribution in [0.15, 0.2) is 0 Å². The third kappa shape index (κ3) is 5.00. The molecule has 3 N–H and O–H groups in total. The summed E-state index contributed by atoms with van der Waals surface area (Å²) in [6.07, 6.45) is 6.54. The molecule has 1 saturated carbocycles. The number of rotatable bonds is 4. The number of carbonyl (C=O) groups is 2. The smallest absolute Gasteiger partial charge is 0.233 e. The minimum atomic E-state index is -0.155. The standard InChI is InChI=1S/C17H30N4O2.2ClH/c1-18-15(22)11-21-8-5-14(6-9-21)20-16(23)17-7-3-2-4-13(17)10-19-12-17;;/h13-14,19H,2-12H2,1H3,(H,18,22)(H,20,23);2*1H/t13-,17+;;/m0../s1. The van der Waals surface area contributed by atoms with Crippen LogP contribution in [0.1, 0.15) is 38.5 Å². The van der Waals surface area contributed by atoms with E-state index in [9.17, 15) is 9.59 Å². The number of amides is 2. The second kappa shape index (κ2) is 9.95. The third-order valence-electron chi connectivity index (χ3n) is 6.06. The van der Waals surface area contributed by atoms with Gasteiger partial charge in [-0.1, -0.05) is 12.8 Å². The largest absolute Gasteiger partial charge is 0.358 e. The molecule has 3 fully saturated rings. The summed E-state index contributed by atoms with van der Waals surface area (Å²) < 4.78 is 0. The summed E-state index contributed by atoms with van der Waals surface area (Å²) in [5.41, 5.74) is -0.155. The molecule has 0 aromatic carbocycles. The van der Waals surface area contributed by atoms with Gasteiger partial charge in [-0.15, -0.1) is 24.8 Å². The summed E-state index contributed by atoms with van der Waals surface area (Å²) in [6.45, 7) is 4.07. The molecule has 25 heavy (non-hydrogen) atoms. The highest BCUT2D eigenvalue weighted by atomic mass is 35.5. The molecule has 1 aliphatic carbocycles. The van der Waals surface area contributed by atoms with Crippen molar-refractivity contribution in [3.8, 4) is 0 Å². The van der Waals surface area contributed by atoms with Gasteiger partial charge >= 0.3 is 0 Å². The van der Waals surface area contributed by atoms with Crippen LogP contribution >= 0.6 is 24.8 Å². The number of nitrogens with zero attached hydrogens (tertiary/aromatic N) is 1. The van der Waals surface area contributed by atoms with Crippen molar-refractivity contribution >= 4 is 36.6 Å². The molecule has 0 spiro atoms. The van der Waals surface area contributed by atoms with Gasteiger partial charge in [-0.25, -0.2) is 0 Å². The summed E-state index contributed by atoms with van der Waals surface area (Å²) in [7, 11) is 1.67. The van der Waals surface area contributed by atoms with Gasteiger partial charge < -0.3 is 16.0 Å². The van der Waals surface area contributed by atoms with Crippen molar-refractivity contribution in [2.24, 2.45) is 11.3 Å². The second-order valence-electron chi connectivity index (χ2n) is 7.43. The fourth-order valence-corrected chi connectivity index (χ4v) is 4.54. The number of fused-ring (bicyclic) bond motifs is 1. The van der Waals surface area contributed by atoms with Crippen LogP contribution in [0.2, 0.25) is 0 Å². The first-order valence-electron chi connectivity index (χ1n) is 9.09. The van der Waals surface area contributed by atoms with Crippen molar-refractivity contribution in [2.75, 3.05) is 39.8 Å². The first kappa shape index (κ1) is 22.5. The molecule has 0 unspecified atom stereocenters. The topological polar surface area (TPSA) is 73.5 Å². The van der Waals surface area contributed by atoms with Gasteiger partial charge in [-0.05, 0) is 38.1 Å². The second-order valence-corrected chi connectivity index (χ2v) is 7.43. The first-order chi connectivity index (χ1) is 11.1. The summed E-state index contributed by atoms with van der Waals surface area (Å²) in [4.78, 5) is 26.6. The number of hydrogen-bond acceptors (Lipinski definition) is 4. The number of likely N-dealkylation sites (tertiary alicyclic amines) is 1. The molecule has 146 valence electrons. The highest BCUT2D eigenvalue weighted by molar-refractivity contribution is 5.85. The number of nitrogens with one attached hydrogen (secondary N) is 3.